The number of para-hydroxylation sites is 1. The van der Waals surface area contributed by atoms with Gasteiger partial charge in [-0.1, -0.05) is 12.1 Å². The second kappa shape index (κ2) is 4.89. The van der Waals surface area contributed by atoms with E-state index in [9.17, 15) is 0 Å². The van der Waals surface area contributed by atoms with Crippen molar-refractivity contribution in [2.24, 2.45) is 7.05 Å². The summed E-state index contributed by atoms with van der Waals surface area (Å²) < 4.78 is 12.8. The van der Waals surface area contributed by atoms with E-state index in [1.54, 1.807) is 6.33 Å². The van der Waals surface area contributed by atoms with Crippen LogP contribution >= 0.6 is 0 Å². The molecule has 2 heterocycles. The Labute approximate surface area is 111 Å². The van der Waals surface area contributed by atoms with E-state index in [2.05, 4.69) is 22.4 Å². The molecular formula is C13H16N4O2. The molecule has 100 valence electrons. The third kappa shape index (κ3) is 2.26. The van der Waals surface area contributed by atoms with E-state index in [1.807, 2.05) is 29.8 Å². The average Bonchev–Trinajstić information content (AvgIpc) is 3.04. The van der Waals surface area contributed by atoms with Crippen LogP contribution in [0.3, 0.4) is 0 Å². The fourth-order valence-corrected chi connectivity index (χ4v) is 2.17. The Bertz CT molecular complexity index is 582. The minimum absolute atomic E-state index is 0.116. The standard InChI is InChI=1S/C13H16N4O2/c1-9(13-16-15-7-17(13)2)14-6-10-4-3-5-11-12(10)19-8-18-11/h3-5,7,9,14H,6,8H2,1-2H3. The van der Waals surface area contributed by atoms with Gasteiger partial charge in [-0.3, -0.25) is 0 Å². The van der Waals surface area contributed by atoms with Crippen molar-refractivity contribution >= 4 is 0 Å². The lowest BCUT2D eigenvalue weighted by Crippen LogP contribution is -2.21. The summed E-state index contributed by atoms with van der Waals surface area (Å²) in [6.45, 7) is 3.05. The molecule has 6 nitrogen and oxygen atoms in total. The van der Waals surface area contributed by atoms with Crippen LogP contribution in [-0.2, 0) is 13.6 Å². The van der Waals surface area contributed by atoms with Gasteiger partial charge in [0, 0.05) is 19.2 Å². The Balaban J connectivity index is 1.70. The molecule has 0 aliphatic carbocycles. The molecule has 1 atom stereocenters. The number of ether oxygens (including phenoxy) is 2. The van der Waals surface area contributed by atoms with Crippen LogP contribution in [0.2, 0.25) is 0 Å². The highest BCUT2D eigenvalue weighted by Crippen LogP contribution is 2.35. The third-order valence-electron chi connectivity index (χ3n) is 3.21. The van der Waals surface area contributed by atoms with Crippen LogP contribution in [0.5, 0.6) is 11.5 Å². The number of nitrogens with zero attached hydrogens (tertiary/aromatic N) is 3. The second-order valence-electron chi connectivity index (χ2n) is 4.55. The molecule has 1 aromatic heterocycles. The van der Waals surface area contributed by atoms with Gasteiger partial charge in [0.2, 0.25) is 6.79 Å². The molecule has 0 bridgehead atoms. The minimum atomic E-state index is 0.116. The average molecular weight is 260 g/mol. The van der Waals surface area contributed by atoms with Gasteiger partial charge >= 0.3 is 0 Å². The van der Waals surface area contributed by atoms with E-state index < -0.39 is 0 Å². The Morgan fingerprint density at radius 2 is 2.32 bits per heavy atom. The zero-order valence-electron chi connectivity index (χ0n) is 11.0. The normalized spacial score (nSPS) is 14.6. The number of aromatic nitrogens is 3. The maximum atomic E-state index is 5.48. The van der Waals surface area contributed by atoms with Crippen LogP contribution < -0.4 is 14.8 Å². The van der Waals surface area contributed by atoms with Crippen molar-refractivity contribution in [2.75, 3.05) is 6.79 Å². The van der Waals surface area contributed by atoms with Crippen LogP contribution in [0.1, 0.15) is 24.4 Å². The summed E-state index contributed by atoms with van der Waals surface area (Å²) in [7, 11) is 1.94. The molecule has 1 aliphatic rings. The van der Waals surface area contributed by atoms with Gasteiger partial charge in [0.25, 0.3) is 0 Å². The molecule has 1 aromatic carbocycles. The third-order valence-corrected chi connectivity index (χ3v) is 3.21. The molecular weight excluding hydrogens is 244 g/mol. The van der Waals surface area contributed by atoms with Crippen LogP contribution in [0, 0.1) is 0 Å². The lowest BCUT2D eigenvalue weighted by Gasteiger charge is -2.13. The number of hydrogen-bond acceptors (Lipinski definition) is 5. The minimum Gasteiger partial charge on any atom is -0.454 e. The summed E-state index contributed by atoms with van der Waals surface area (Å²) in [5, 5.41) is 11.4. The highest BCUT2D eigenvalue weighted by Gasteiger charge is 2.18. The smallest absolute Gasteiger partial charge is 0.231 e. The number of nitrogens with one attached hydrogen (secondary N) is 1. The van der Waals surface area contributed by atoms with E-state index in [0.29, 0.717) is 13.3 Å². The number of benzene rings is 1. The van der Waals surface area contributed by atoms with Gasteiger partial charge in [-0.2, -0.15) is 0 Å². The first kappa shape index (κ1) is 12.0. The lowest BCUT2D eigenvalue weighted by atomic mass is 10.1. The van der Waals surface area contributed by atoms with E-state index in [1.165, 1.54) is 0 Å². The Kier molecular flexibility index (Phi) is 3.08. The fraction of sp³-hybridized carbons (Fsp3) is 0.385. The maximum Gasteiger partial charge on any atom is 0.231 e. The molecule has 3 rings (SSSR count). The maximum absolute atomic E-state index is 5.48. The van der Waals surface area contributed by atoms with Crippen molar-refractivity contribution in [3.05, 3.63) is 35.9 Å². The van der Waals surface area contributed by atoms with Crippen molar-refractivity contribution < 1.29 is 9.47 Å². The van der Waals surface area contributed by atoms with E-state index in [0.717, 1.165) is 22.9 Å². The van der Waals surface area contributed by atoms with Crippen LogP contribution in [0.4, 0.5) is 0 Å². The number of rotatable bonds is 4. The van der Waals surface area contributed by atoms with Crippen molar-refractivity contribution in [1.29, 1.82) is 0 Å². The number of hydrogen-bond donors (Lipinski definition) is 1. The van der Waals surface area contributed by atoms with Crippen molar-refractivity contribution in [3.8, 4) is 11.5 Å². The van der Waals surface area contributed by atoms with Gasteiger partial charge < -0.3 is 19.4 Å². The molecule has 6 heteroatoms. The molecule has 0 saturated heterocycles. The monoisotopic (exact) mass is 260 g/mol. The Hall–Kier alpha value is -2.08. The molecule has 1 aliphatic heterocycles. The second-order valence-corrected chi connectivity index (χ2v) is 4.55. The molecule has 0 radical (unpaired) electrons. The van der Waals surface area contributed by atoms with Gasteiger partial charge in [-0.15, -0.1) is 10.2 Å². The molecule has 0 amide bonds. The zero-order valence-corrected chi connectivity index (χ0v) is 11.0. The topological polar surface area (TPSA) is 61.2 Å². The van der Waals surface area contributed by atoms with Gasteiger partial charge in [0.1, 0.15) is 12.2 Å². The molecule has 19 heavy (non-hydrogen) atoms. The highest BCUT2D eigenvalue weighted by molar-refractivity contribution is 5.48. The Morgan fingerprint density at radius 3 is 3.11 bits per heavy atom. The molecule has 1 N–H and O–H groups in total. The van der Waals surface area contributed by atoms with Crippen molar-refractivity contribution in [3.63, 3.8) is 0 Å². The first-order valence-electron chi connectivity index (χ1n) is 6.20. The number of aryl methyl sites for hydroxylation is 1. The molecule has 0 fully saturated rings. The zero-order chi connectivity index (χ0) is 13.2. The molecule has 0 saturated carbocycles. The van der Waals surface area contributed by atoms with E-state index in [-0.39, 0.29) is 6.04 Å². The van der Waals surface area contributed by atoms with Crippen LogP contribution in [0.25, 0.3) is 0 Å². The van der Waals surface area contributed by atoms with Gasteiger partial charge in [-0.05, 0) is 13.0 Å². The predicted molar refractivity (Wildman–Crippen MR) is 68.8 cm³/mol. The van der Waals surface area contributed by atoms with Gasteiger partial charge in [-0.25, -0.2) is 0 Å². The van der Waals surface area contributed by atoms with Crippen molar-refractivity contribution in [1.82, 2.24) is 20.1 Å². The van der Waals surface area contributed by atoms with Gasteiger partial charge in [0.15, 0.2) is 11.5 Å². The summed E-state index contributed by atoms with van der Waals surface area (Å²) in [6, 6.07) is 6.03. The first-order valence-corrected chi connectivity index (χ1v) is 6.20. The largest absolute Gasteiger partial charge is 0.454 e. The molecule has 1 unspecified atom stereocenters. The summed E-state index contributed by atoms with van der Waals surface area (Å²) in [4.78, 5) is 0. The van der Waals surface area contributed by atoms with Crippen LogP contribution in [0.15, 0.2) is 24.5 Å². The Morgan fingerprint density at radius 1 is 1.42 bits per heavy atom. The summed E-state index contributed by atoms with van der Waals surface area (Å²) >= 11 is 0. The number of fused-ring (bicyclic) bond motifs is 1. The fourth-order valence-electron chi connectivity index (χ4n) is 2.17. The predicted octanol–water partition coefficient (Wildman–Crippen LogP) is 1.39. The summed E-state index contributed by atoms with van der Waals surface area (Å²) in [6.07, 6.45) is 1.70. The summed E-state index contributed by atoms with van der Waals surface area (Å²) in [5.74, 6) is 2.55. The SMILES string of the molecule is CC(NCc1cccc2c1OCO2)c1nncn1C. The van der Waals surface area contributed by atoms with Crippen LogP contribution in [-0.4, -0.2) is 21.6 Å². The van der Waals surface area contributed by atoms with Gasteiger partial charge in [0.05, 0.1) is 6.04 Å². The quantitative estimate of drug-likeness (QED) is 0.900. The van der Waals surface area contributed by atoms with E-state index in [4.69, 9.17) is 9.47 Å². The van der Waals surface area contributed by atoms with Crippen molar-refractivity contribution in [2.45, 2.75) is 19.5 Å². The molecule has 0 spiro atoms. The molecule has 2 aromatic rings. The first-order chi connectivity index (χ1) is 9.25. The highest BCUT2D eigenvalue weighted by atomic mass is 16.7. The lowest BCUT2D eigenvalue weighted by molar-refractivity contribution is 0.173. The summed E-state index contributed by atoms with van der Waals surface area (Å²) in [5.41, 5.74) is 1.09. The van der Waals surface area contributed by atoms with E-state index >= 15 is 0 Å².